The van der Waals surface area contributed by atoms with E-state index in [1.807, 2.05) is 0 Å². The van der Waals surface area contributed by atoms with E-state index in [1.165, 1.54) is 15.5 Å². The minimum Gasteiger partial charge on any atom is -0.378 e. The number of thiophene rings is 2. The number of hydrogen-bond acceptors (Lipinski definition) is 4. The van der Waals surface area contributed by atoms with Crippen LogP contribution >= 0.6 is 22.7 Å². The first kappa shape index (κ1) is 13.6. The van der Waals surface area contributed by atoms with Crippen molar-refractivity contribution in [2.45, 2.75) is 0 Å². The maximum Gasteiger partial charge on any atom is 0.0642 e. The van der Waals surface area contributed by atoms with Gasteiger partial charge in [-0.15, -0.1) is 22.7 Å². The lowest BCUT2D eigenvalue weighted by Gasteiger charge is -2.30. The SMILES string of the molecule is C=C(/C=C(\c1cccs1)N1CCOCC1)c1cccs1. The van der Waals surface area contributed by atoms with Crippen molar-refractivity contribution >= 4 is 33.9 Å². The molecule has 4 heteroatoms. The molecular formula is C16H17NOS2. The summed E-state index contributed by atoms with van der Waals surface area (Å²) in [6.07, 6.45) is 2.21. The zero-order valence-electron chi connectivity index (χ0n) is 11.2. The van der Waals surface area contributed by atoms with Crippen molar-refractivity contribution < 1.29 is 4.74 Å². The molecule has 1 fully saturated rings. The lowest BCUT2D eigenvalue weighted by molar-refractivity contribution is 0.0641. The molecule has 0 amide bonds. The van der Waals surface area contributed by atoms with Crippen molar-refractivity contribution in [3.8, 4) is 0 Å². The molecule has 0 bridgehead atoms. The van der Waals surface area contributed by atoms with Crippen LogP contribution in [0.15, 0.2) is 47.7 Å². The van der Waals surface area contributed by atoms with Gasteiger partial charge in [0.25, 0.3) is 0 Å². The molecule has 2 nitrogen and oxygen atoms in total. The van der Waals surface area contributed by atoms with Crippen LogP contribution in [0.25, 0.3) is 11.3 Å². The van der Waals surface area contributed by atoms with Crippen molar-refractivity contribution in [2.24, 2.45) is 0 Å². The van der Waals surface area contributed by atoms with Gasteiger partial charge in [0.15, 0.2) is 0 Å². The Balaban J connectivity index is 1.90. The van der Waals surface area contributed by atoms with E-state index in [9.17, 15) is 0 Å². The van der Waals surface area contributed by atoms with E-state index >= 15 is 0 Å². The minimum absolute atomic E-state index is 0.800. The van der Waals surface area contributed by atoms with E-state index in [-0.39, 0.29) is 0 Å². The summed E-state index contributed by atoms with van der Waals surface area (Å²) in [6.45, 7) is 7.71. The van der Waals surface area contributed by atoms with Crippen LogP contribution in [0, 0.1) is 0 Å². The van der Waals surface area contributed by atoms with E-state index in [0.29, 0.717) is 0 Å². The van der Waals surface area contributed by atoms with Crippen LogP contribution in [-0.4, -0.2) is 31.2 Å². The molecule has 2 aromatic heterocycles. The summed E-state index contributed by atoms with van der Waals surface area (Å²) in [6, 6.07) is 8.46. The number of allylic oxidation sites excluding steroid dienone is 2. The molecular weight excluding hydrogens is 286 g/mol. The van der Waals surface area contributed by atoms with Crippen molar-refractivity contribution in [3.05, 3.63) is 57.4 Å². The second-order valence-corrected chi connectivity index (χ2v) is 6.50. The van der Waals surface area contributed by atoms with Crippen molar-refractivity contribution in [1.82, 2.24) is 4.90 Å². The Morgan fingerprint density at radius 3 is 2.35 bits per heavy atom. The lowest BCUT2D eigenvalue weighted by atomic mass is 10.1. The van der Waals surface area contributed by atoms with Crippen LogP contribution in [0.2, 0.25) is 0 Å². The monoisotopic (exact) mass is 303 g/mol. The summed E-state index contributed by atoms with van der Waals surface area (Å²) in [5.41, 5.74) is 2.34. The third-order valence-corrected chi connectivity index (χ3v) is 5.11. The molecule has 1 aliphatic heterocycles. The van der Waals surface area contributed by atoms with Gasteiger partial charge in [0, 0.05) is 18.0 Å². The van der Waals surface area contributed by atoms with Gasteiger partial charge in [-0.2, -0.15) is 0 Å². The topological polar surface area (TPSA) is 12.5 Å². The van der Waals surface area contributed by atoms with Gasteiger partial charge in [0.2, 0.25) is 0 Å². The number of rotatable bonds is 4. The molecule has 0 unspecified atom stereocenters. The molecule has 0 saturated carbocycles. The smallest absolute Gasteiger partial charge is 0.0642 e. The lowest BCUT2D eigenvalue weighted by Crippen LogP contribution is -2.34. The summed E-state index contributed by atoms with van der Waals surface area (Å²) in [4.78, 5) is 4.92. The summed E-state index contributed by atoms with van der Waals surface area (Å²) >= 11 is 3.51. The van der Waals surface area contributed by atoms with Crippen LogP contribution in [0.4, 0.5) is 0 Å². The Labute approximate surface area is 127 Å². The first-order chi connectivity index (χ1) is 9.84. The Hall–Kier alpha value is -1.36. The average molecular weight is 303 g/mol. The van der Waals surface area contributed by atoms with Crippen LogP contribution in [0.3, 0.4) is 0 Å². The van der Waals surface area contributed by atoms with E-state index in [1.54, 1.807) is 22.7 Å². The van der Waals surface area contributed by atoms with Gasteiger partial charge in [-0.25, -0.2) is 0 Å². The van der Waals surface area contributed by atoms with E-state index < -0.39 is 0 Å². The maximum atomic E-state index is 5.46. The summed E-state index contributed by atoms with van der Waals surface area (Å²) in [5, 5.41) is 4.21. The van der Waals surface area contributed by atoms with Gasteiger partial charge in [-0.3, -0.25) is 0 Å². The standard InChI is InChI=1S/C16H17NOS2/c1-13(15-4-2-10-19-15)12-14(16-5-3-11-20-16)17-6-8-18-9-7-17/h2-5,10-12H,1,6-9H2/b14-12+. The molecule has 1 saturated heterocycles. The zero-order valence-corrected chi connectivity index (χ0v) is 12.9. The van der Waals surface area contributed by atoms with E-state index in [2.05, 4.69) is 52.6 Å². The largest absolute Gasteiger partial charge is 0.378 e. The van der Waals surface area contributed by atoms with Crippen molar-refractivity contribution in [1.29, 1.82) is 0 Å². The Kier molecular flexibility index (Phi) is 4.35. The minimum atomic E-state index is 0.800. The van der Waals surface area contributed by atoms with Gasteiger partial charge < -0.3 is 9.64 Å². The second-order valence-electron chi connectivity index (χ2n) is 4.61. The Morgan fingerprint density at radius 2 is 1.75 bits per heavy atom. The fourth-order valence-electron chi connectivity index (χ4n) is 2.24. The van der Waals surface area contributed by atoms with Gasteiger partial charge >= 0.3 is 0 Å². The van der Waals surface area contributed by atoms with Gasteiger partial charge in [-0.05, 0) is 34.5 Å². The zero-order chi connectivity index (χ0) is 13.8. The summed E-state index contributed by atoms with van der Waals surface area (Å²) in [5.74, 6) is 0. The van der Waals surface area contributed by atoms with Crippen LogP contribution in [0.1, 0.15) is 9.75 Å². The van der Waals surface area contributed by atoms with Crippen LogP contribution in [0.5, 0.6) is 0 Å². The number of hydrogen-bond donors (Lipinski definition) is 0. The molecule has 3 rings (SSSR count). The Morgan fingerprint density at radius 1 is 1.10 bits per heavy atom. The highest BCUT2D eigenvalue weighted by molar-refractivity contribution is 7.11. The van der Waals surface area contributed by atoms with Gasteiger partial charge in [0.05, 0.1) is 23.8 Å². The predicted octanol–water partition coefficient (Wildman–Crippen LogP) is 4.20. The maximum absolute atomic E-state index is 5.46. The molecule has 2 aromatic rings. The quantitative estimate of drug-likeness (QED) is 0.785. The van der Waals surface area contributed by atoms with Crippen LogP contribution in [-0.2, 0) is 4.74 Å². The first-order valence-electron chi connectivity index (χ1n) is 6.65. The Bertz CT molecular complexity index is 578. The molecule has 0 atom stereocenters. The molecule has 20 heavy (non-hydrogen) atoms. The first-order valence-corrected chi connectivity index (χ1v) is 8.41. The number of ether oxygens (including phenoxy) is 1. The fraction of sp³-hybridized carbons (Fsp3) is 0.250. The van der Waals surface area contributed by atoms with Gasteiger partial charge in [-0.1, -0.05) is 18.7 Å². The number of morpholine rings is 1. The molecule has 0 aromatic carbocycles. The summed E-state index contributed by atoms with van der Waals surface area (Å²) < 4.78 is 5.46. The van der Waals surface area contributed by atoms with Crippen molar-refractivity contribution in [2.75, 3.05) is 26.3 Å². The summed E-state index contributed by atoms with van der Waals surface area (Å²) in [7, 11) is 0. The highest BCUT2D eigenvalue weighted by atomic mass is 32.1. The predicted molar refractivity (Wildman–Crippen MR) is 88.0 cm³/mol. The average Bonchev–Trinajstić information content (AvgIpc) is 3.18. The highest BCUT2D eigenvalue weighted by Gasteiger charge is 2.16. The van der Waals surface area contributed by atoms with Crippen molar-refractivity contribution in [3.63, 3.8) is 0 Å². The molecule has 0 aliphatic carbocycles. The third-order valence-electron chi connectivity index (χ3n) is 3.27. The van der Waals surface area contributed by atoms with E-state index in [0.717, 1.165) is 31.9 Å². The molecule has 0 radical (unpaired) electrons. The molecule has 0 N–H and O–H groups in total. The number of nitrogens with zero attached hydrogens (tertiary/aromatic N) is 1. The highest BCUT2D eigenvalue weighted by Crippen LogP contribution is 2.29. The van der Waals surface area contributed by atoms with E-state index in [4.69, 9.17) is 4.74 Å². The van der Waals surface area contributed by atoms with Crippen LogP contribution < -0.4 is 0 Å². The third kappa shape index (κ3) is 3.03. The molecule has 0 spiro atoms. The molecule has 3 heterocycles. The normalized spacial score (nSPS) is 16.4. The van der Waals surface area contributed by atoms with Gasteiger partial charge in [0.1, 0.15) is 0 Å². The molecule has 104 valence electrons. The fourth-order valence-corrected chi connectivity index (χ4v) is 3.69. The molecule has 1 aliphatic rings. The second kappa shape index (κ2) is 6.39.